The number of rotatable bonds is 5. The van der Waals surface area contributed by atoms with Gasteiger partial charge in [0, 0.05) is 18.8 Å². The Labute approximate surface area is 177 Å². The average Bonchev–Trinajstić information content (AvgIpc) is 3.05. The Kier molecular flexibility index (Phi) is 5.48. The topological polar surface area (TPSA) is 56.6 Å². The molecule has 30 heavy (non-hydrogen) atoms. The zero-order chi connectivity index (χ0) is 21.3. The maximum atomic E-state index is 13.4. The van der Waals surface area contributed by atoms with Crippen molar-refractivity contribution in [2.75, 3.05) is 20.8 Å². The maximum Gasteiger partial charge on any atom is 0.257 e. The molecular formula is C24H27N3O3. The van der Waals surface area contributed by atoms with Crippen molar-refractivity contribution in [1.82, 2.24) is 14.7 Å². The molecule has 0 radical (unpaired) electrons. The van der Waals surface area contributed by atoms with E-state index in [9.17, 15) is 4.79 Å². The van der Waals surface area contributed by atoms with Gasteiger partial charge in [-0.2, -0.15) is 5.10 Å². The van der Waals surface area contributed by atoms with Gasteiger partial charge in [0.1, 0.15) is 0 Å². The van der Waals surface area contributed by atoms with Crippen molar-refractivity contribution in [3.63, 3.8) is 0 Å². The van der Waals surface area contributed by atoms with E-state index in [0.717, 1.165) is 34.7 Å². The van der Waals surface area contributed by atoms with Gasteiger partial charge in [-0.3, -0.25) is 9.48 Å². The van der Waals surface area contributed by atoms with Crippen molar-refractivity contribution in [3.8, 4) is 11.5 Å². The van der Waals surface area contributed by atoms with Gasteiger partial charge in [-0.25, -0.2) is 0 Å². The minimum atomic E-state index is 0.0322. The Balaban J connectivity index is 1.58. The third-order valence-electron chi connectivity index (χ3n) is 5.78. The van der Waals surface area contributed by atoms with Gasteiger partial charge in [0.2, 0.25) is 0 Å². The first-order valence-corrected chi connectivity index (χ1v) is 10.1. The number of hydrogen-bond acceptors (Lipinski definition) is 4. The molecule has 1 amide bonds. The van der Waals surface area contributed by atoms with E-state index in [0.29, 0.717) is 30.9 Å². The summed E-state index contributed by atoms with van der Waals surface area (Å²) >= 11 is 0. The second-order valence-corrected chi connectivity index (χ2v) is 7.64. The molecule has 0 fully saturated rings. The van der Waals surface area contributed by atoms with E-state index in [-0.39, 0.29) is 5.91 Å². The Morgan fingerprint density at radius 3 is 2.37 bits per heavy atom. The number of methoxy groups -OCH3 is 2. The van der Waals surface area contributed by atoms with Gasteiger partial charge in [-0.15, -0.1) is 0 Å². The normalized spacial score (nSPS) is 13.1. The fraction of sp³-hybridized carbons (Fsp3) is 0.333. The summed E-state index contributed by atoms with van der Waals surface area (Å²) < 4.78 is 12.8. The van der Waals surface area contributed by atoms with Crippen LogP contribution in [0, 0.1) is 13.8 Å². The summed E-state index contributed by atoms with van der Waals surface area (Å²) in [5, 5.41) is 4.65. The van der Waals surface area contributed by atoms with E-state index >= 15 is 0 Å². The number of aryl methyl sites for hydroxylation is 1. The van der Waals surface area contributed by atoms with Crippen molar-refractivity contribution in [2.24, 2.45) is 0 Å². The molecule has 1 aromatic heterocycles. The third-order valence-corrected chi connectivity index (χ3v) is 5.78. The summed E-state index contributed by atoms with van der Waals surface area (Å²) in [7, 11) is 3.27. The molecule has 0 saturated carbocycles. The number of ether oxygens (including phenoxy) is 2. The summed E-state index contributed by atoms with van der Waals surface area (Å²) in [6.45, 7) is 5.76. The molecule has 0 saturated heterocycles. The van der Waals surface area contributed by atoms with Crippen molar-refractivity contribution in [1.29, 1.82) is 0 Å². The molecule has 156 valence electrons. The van der Waals surface area contributed by atoms with Crippen LogP contribution in [0.5, 0.6) is 11.5 Å². The average molecular weight is 405 g/mol. The van der Waals surface area contributed by atoms with Crippen LogP contribution in [0.4, 0.5) is 0 Å². The number of carbonyl (C=O) groups is 1. The first-order valence-electron chi connectivity index (χ1n) is 10.1. The third kappa shape index (κ3) is 3.65. The predicted molar refractivity (Wildman–Crippen MR) is 115 cm³/mol. The molecule has 0 bridgehead atoms. The van der Waals surface area contributed by atoms with Gasteiger partial charge in [0.25, 0.3) is 5.91 Å². The van der Waals surface area contributed by atoms with Crippen LogP contribution < -0.4 is 9.47 Å². The fourth-order valence-corrected chi connectivity index (χ4v) is 4.13. The van der Waals surface area contributed by atoms with Crippen molar-refractivity contribution in [2.45, 2.75) is 33.4 Å². The van der Waals surface area contributed by atoms with Gasteiger partial charge >= 0.3 is 0 Å². The second-order valence-electron chi connectivity index (χ2n) is 7.64. The zero-order valence-corrected chi connectivity index (χ0v) is 17.9. The van der Waals surface area contributed by atoms with Crippen LogP contribution in [-0.2, 0) is 19.5 Å². The minimum Gasteiger partial charge on any atom is -0.493 e. The van der Waals surface area contributed by atoms with E-state index in [1.165, 1.54) is 5.56 Å². The van der Waals surface area contributed by atoms with E-state index < -0.39 is 0 Å². The standard InChI is InChI=1S/C24H27N3O3/c1-16-23(17(2)27(25-16)14-18-8-6-5-7-9-18)24(28)26-11-10-19-12-21(29-3)22(30-4)13-20(19)15-26/h5-9,12-13H,10-11,14-15H2,1-4H3. The van der Waals surface area contributed by atoms with Crippen LogP contribution in [0.15, 0.2) is 42.5 Å². The summed E-state index contributed by atoms with van der Waals surface area (Å²) in [4.78, 5) is 15.3. The maximum absolute atomic E-state index is 13.4. The molecule has 2 heterocycles. The molecule has 6 heteroatoms. The second kappa shape index (κ2) is 8.22. The molecule has 6 nitrogen and oxygen atoms in total. The van der Waals surface area contributed by atoms with Crippen molar-refractivity contribution < 1.29 is 14.3 Å². The number of aromatic nitrogens is 2. The smallest absolute Gasteiger partial charge is 0.257 e. The Hall–Kier alpha value is -3.28. The van der Waals surface area contributed by atoms with E-state index in [2.05, 4.69) is 17.2 Å². The zero-order valence-electron chi connectivity index (χ0n) is 17.9. The van der Waals surface area contributed by atoms with Gasteiger partial charge in [-0.1, -0.05) is 30.3 Å². The predicted octanol–water partition coefficient (Wildman–Crippen LogP) is 3.76. The molecular weight excluding hydrogens is 378 g/mol. The largest absolute Gasteiger partial charge is 0.493 e. The van der Waals surface area contributed by atoms with Gasteiger partial charge in [0.05, 0.1) is 32.0 Å². The quantitative estimate of drug-likeness (QED) is 0.649. The molecule has 1 aliphatic heterocycles. The van der Waals surface area contributed by atoms with Gasteiger partial charge < -0.3 is 14.4 Å². The molecule has 0 N–H and O–H groups in total. The molecule has 0 spiro atoms. The van der Waals surface area contributed by atoms with Crippen molar-refractivity contribution >= 4 is 5.91 Å². The van der Waals surface area contributed by atoms with Crippen LogP contribution in [0.25, 0.3) is 0 Å². The van der Waals surface area contributed by atoms with Crippen LogP contribution in [0.3, 0.4) is 0 Å². The molecule has 0 aliphatic carbocycles. The van der Waals surface area contributed by atoms with Crippen LogP contribution in [0.2, 0.25) is 0 Å². The SMILES string of the molecule is COc1cc2c(cc1OC)CN(C(=O)c1c(C)nn(Cc3ccccc3)c1C)CC2. The van der Waals surface area contributed by atoms with E-state index in [1.54, 1.807) is 14.2 Å². The van der Waals surface area contributed by atoms with Crippen molar-refractivity contribution in [3.05, 3.63) is 76.1 Å². The van der Waals surface area contributed by atoms with E-state index in [1.807, 2.05) is 53.8 Å². The Morgan fingerprint density at radius 1 is 1.03 bits per heavy atom. The lowest BCUT2D eigenvalue weighted by molar-refractivity contribution is 0.0733. The number of benzene rings is 2. The first kappa shape index (κ1) is 20.0. The highest BCUT2D eigenvalue weighted by Crippen LogP contribution is 2.33. The highest BCUT2D eigenvalue weighted by atomic mass is 16.5. The lowest BCUT2D eigenvalue weighted by Gasteiger charge is -2.29. The minimum absolute atomic E-state index is 0.0322. The van der Waals surface area contributed by atoms with E-state index in [4.69, 9.17) is 9.47 Å². The molecule has 4 rings (SSSR count). The summed E-state index contributed by atoms with van der Waals surface area (Å²) in [6, 6.07) is 14.2. The highest BCUT2D eigenvalue weighted by molar-refractivity contribution is 5.96. The summed E-state index contributed by atoms with van der Waals surface area (Å²) in [6.07, 6.45) is 0.789. The number of nitrogens with zero attached hydrogens (tertiary/aromatic N) is 3. The molecule has 1 aliphatic rings. The number of amides is 1. The molecule has 2 aromatic carbocycles. The number of fused-ring (bicyclic) bond motifs is 1. The lowest BCUT2D eigenvalue weighted by atomic mass is 9.98. The van der Waals surface area contributed by atoms with Crippen LogP contribution >= 0.6 is 0 Å². The number of hydrogen-bond donors (Lipinski definition) is 0. The van der Waals surface area contributed by atoms with Gasteiger partial charge in [-0.05, 0) is 49.1 Å². The molecule has 3 aromatic rings. The summed E-state index contributed by atoms with van der Waals surface area (Å²) in [5.41, 5.74) is 5.83. The van der Waals surface area contributed by atoms with Crippen LogP contribution in [-0.4, -0.2) is 41.4 Å². The van der Waals surface area contributed by atoms with Crippen LogP contribution in [0.1, 0.15) is 38.4 Å². The number of carbonyl (C=O) groups excluding carboxylic acids is 1. The fourth-order valence-electron chi connectivity index (χ4n) is 4.13. The van der Waals surface area contributed by atoms with Gasteiger partial charge in [0.15, 0.2) is 11.5 Å². The Bertz CT molecular complexity index is 1070. The molecule has 0 atom stereocenters. The molecule has 0 unspecified atom stereocenters. The first-order chi connectivity index (χ1) is 14.5. The summed E-state index contributed by atoms with van der Waals surface area (Å²) in [5.74, 6) is 1.45. The monoisotopic (exact) mass is 405 g/mol. The lowest BCUT2D eigenvalue weighted by Crippen LogP contribution is -2.36. The Morgan fingerprint density at radius 2 is 1.70 bits per heavy atom. The highest BCUT2D eigenvalue weighted by Gasteiger charge is 2.27.